The van der Waals surface area contributed by atoms with Crippen molar-refractivity contribution in [1.82, 2.24) is 4.31 Å². The van der Waals surface area contributed by atoms with Crippen molar-refractivity contribution in [2.24, 2.45) is 5.73 Å². The SMILES string of the molecule is N#CCS(=O)(=O)N1CC(N)C1. The summed E-state index contributed by atoms with van der Waals surface area (Å²) in [7, 11) is -3.31. The predicted octanol–water partition coefficient (Wildman–Crippen LogP) is -1.52. The molecule has 5 nitrogen and oxygen atoms in total. The second-order valence-corrected chi connectivity index (χ2v) is 4.46. The van der Waals surface area contributed by atoms with Crippen LogP contribution in [0.15, 0.2) is 0 Å². The van der Waals surface area contributed by atoms with Crippen molar-refractivity contribution in [1.29, 1.82) is 5.26 Å². The minimum Gasteiger partial charge on any atom is -0.325 e. The van der Waals surface area contributed by atoms with E-state index < -0.39 is 15.8 Å². The van der Waals surface area contributed by atoms with E-state index in [1.165, 1.54) is 4.31 Å². The van der Waals surface area contributed by atoms with Gasteiger partial charge in [0.05, 0.1) is 6.07 Å². The molecule has 0 aliphatic carbocycles. The molecule has 0 atom stereocenters. The van der Waals surface area contributed by atoms with Gasteiger partial charge in [0.25, 0.3) is 0 Å². The second kappa shape index (κ2) is 2.77. The van der Waals surface area contributed by atoms with Gasteiger partial charge in [-0.25, -0.2) is 8.42 Å². The molecule has 0 radical (unpaired) electrons. The highest BCUT2D eigenvalue weighted by Crippen LogP contribution is 2.11. The molecular weight excluding hydrogens is 166 g/mol. The number of hydrogen-bond acceptors (Lipinski definition) is 4. The number of nitrogens with two attached hydrogens (primary N) is 1. The lowest BCUT2D eigenvalue weighted by Gasteiger charge is -2.34. The normalized spacial score (nSPS) is 20.7. The first-order chi connectivity index (χ1) is 5.06. The quantitative estimate of drug-likeness (QED) is 0.552. The minimum absolute atomic E-state index is 0.0523. The van der Waals surface area contributed by atoms with Gasteiger partial charge in [0, 0.05) is 19.1 Å². The van der Waals surface area contributed by atoms with Gasteiger partial charge in [-0.2, -0.15) is 9.57 Å². The van der Waals surface area contributed by atoms with E-state index in [-0.39, 0.29) is 6.04 Å². The summed E-state index contributed by atoms with van der Waals surface area (Å²) in [5.41, 5.74) is 5.37. The van der Waals surface area contributed by atoms with Crippen molar-refractivity contribution in [2.75, 3.05) is 18.8 Å². The van der Waals surface area contributed by atoms with Gasteiger partial charge in [0.2, 0.25) is 10.0 Å². The Kier molecular flexibility index (Phi) is 2.13. The third-order valence-electron chi connectivity index (χ3n) is 1.52. The standard InChI is InChI=1S/C5H9N3O2S/c6-1-2-11(9,10)8-3-5(7)4-8/h5H,2-4,7H2. The number of sulfonamides is 1. The average Bonchev–Trinajstić information content (AvgIpc) is 1.81. The van der Waals surface area contributed by atoms with Crippen molar-refractivity contribution in [3.8, 4) is 6.07 Å². The molecule has 1 saturated heterocycles. The van der Waals surface area contributed by atoms with Gasteiger partial charge in [-0.3, -0.25) is 0 Å². The molecule has 2 N–H and O–H groups in total. The highest BCUT2D eigenvalue weighted by molar-refractivity contribution is 7.89. The second-order valence-electron chi connectivity index (χ2n) is 2.49. The lowest BCUT2D eigenvalue weighted by atomic mass is 10.2. The molecule has 0 spiro atoms. The Labute approximate surface area is 65.4 Å². The molecule has 62 valence electrons. The largest absolute Gasteiger partial charge is 0.325 e. The number of nitriles is 1. The fourth-order valence-electron chi connectivity index (χ4n) is 0.870. The van der Waals surface area contributed by atoms with Crippen LogP contribution < -0.4 is 5.73 Å². The van der Waals surface area contributed by atoms with Crippen LogP contribution in [0.1, 0.15) is 0 Å². The third kappa shape index (κ3) is 1.68. The molecule has 1 aliphatic heterocycles. The van der Waals surface area contributed by atoms with Gasteiger partial charge in [-0.05, 0) is 0 Å². The summed E-state index contributed by atoms with van der Waals surface area (Å²) >= 11 is 0. The van der Waals surface area contributed by atoms with Crippen LogP contribution in [0.3, 0.4) is 0 Å². The summed E-state index contributed by atoms with van der Waals surface area (Å²) in [6.45, 7) is 0.702. The minimum atomic E-state index is -3.31. The molecular formula is C5H9N3O2S. The van der Waals surface area contributed by atoms with E-state index in [1.54, 1.807) is 6.07 Å². The van der Waals surface area contributed by atoms with Crippen LogP contribution in [0.2, 0.25) is 0 Å². The van der Waals surface area contributed by atoms with Gasteiger partial charge >= 0.3 is 0 Å². The van der Waals surface area contributed by atoms with E-state index in [4.69, 9.17) is 11.0 Å². The number of hydrogen-bond donors (Lipinski definition) is 1. The van der Waals surface area contributed by atoms with Crippen molar-refractivity contribution >= 4 is 10.0 Å². The summed E-state index contributed by atoms with van der Waals surface area (Å²) in [6, 6.07) is 1.55. The number of rotatable bonds is 2. The molecule has 1 aliphatic rings. The van der Waals surface area contributed by atoms with Crippen LogP contribution in [0.25, 0.3) is 0 Å². The van der Waals surface area contributed by atoms with Crippen LogP contribution in [0.4, 0.5) is 0 Å². The van der Waals surface area contributed by atoms with Crippen molar-refractivity contribution in [2.45, 2.75) is 6.04 Å². The molecule has 0 amide bonds. The first kappa shape index (κ1) is 8.46. The van der Waals surface area contributed by atoms with Crippen LogP contribution >= 0.6 is 0 Å². The van der Waals surface area contributed by atoms with E-state index in [2.05, 4.69) is 0 Å². The van der Waals surface area contributed by atoms with Crippen LogP contribution in [0, 0.1) is 11.3 Å². The van der Waals surface area contributed by atoms with E-state index in [0.717, 1.165) is 0 Å². The van der Waals surface area contributed by atoms with Gasteiger partial charge in [-0.1, -0.05) is 0 Å². The zero-order valence-electron chi connectivity index (χ0n) is 5.90. The van der Waals surface area contributed by atoms with Gasteiger partial charge in [-0.15, -0.1) is 0 Å². The smallest absolute Gasteiger partial charge is 0.227 e. The first-order valence-corrected chi connectivity index (χ1v) is 4.77. The Morgan fingerprint density at radius 3 is 2.55 bits per heavy atom. The maximum Gasteiger partial charge on any atom is 0.227 e. The van der Waals surface area contributed by atoms with Crippen LogP contribution in [-0.2, 0) is 10.0 Å². The lowest BCUT2D eigenvalue weighted by Crippen LogP contribution is -2.58. The van der Waals surface area contributed by atoms with E-state index in [9.17, 15) is 8.42 Å². The Hall–Kier alpha value is -0.640. The lowest BCUT2D eigenvalue weighted by molar-refractivity contribution is 0.266. The average molecular weight is 175 g/mol. The highest BCUT2D eigenvalue weighted by atomic mass is 32.2. The Balaban J connectivity index is 2.56. The first-order valence-electron chi connectivity index (χ1n) is 3.16. The molecule has 0 aromatic carbocycles. The van der Waals surface area contributed by atoms with Crippen molar-refractivity contribution < 1.29 is 8.42 Å². The molecule has 0 aromatic rings. The number of nitrogens with zero attached hydrogens (tertiary/aromatic N) is 2. The fraction of sp³-hybridized carbons (Fsp3) is 0.800. The molecule has 0 saturated carbocycles. The van der Waals surface area contributed by atoms with E-state index >= 15 is 0 Å². The fourth-order valence-corrected chi connectivity index (χ4v) is 2.05. The van der Waals surface area contributed by atoms with Gasteiger partial charge in [0.1, 0.15) is 0 Å². The molecule has 1 heterocycles. The van der Waals surface area contributed by atoms with Crippen LogP contribution in [0.5, 0.6) is 0 Å². The predicted molar refractivity (Wildman–Crippen MR) is 38.9 cm³/mol. The zero-order valence-corrected chi connectivity index (χ0v) is 6.71. The van der Waals surface area contributed by atoms with E-state index in [0.29, 0.717) is 13.1 Å². The summed E-state index contributed by atoms with van der Waals surface area (Å²) in [5, 5.41) is 8.15. The maximum absolute atomic E-state index is 11.0. The molecule has 0 aromatic heterocycles. The highest BCUT2D eigenvalue weighted by Gasteiger charge is 2.32. The molecule has 0 bridgehead atoms. The molecule has 11 heavy (non-hydrogen) atoms. The molecule has 1 fully saturated rings. The topological polar surface area (TPSA) is 87.2 Å². The summed E-state index contributed by atoms with van der Waals surface area (Å²) in [6.07, 6.45) is 0. The van der Waals surface area contributed by atoms with Crippen LogP contribution in [-0.4, -0.2) is 37.6 Å². The van der Waals surface area contributed by atoms with Gasteiger partial charge in [0.15, 0.2) is 5.75 Å². The Morgan fingerprint density at radius 1 is 1.64 bits per heavy atom. The molecule has 6 heteroatoms. The van der Waals surface area contributed by atoms with Crippen molar-refractivity contribution in [3.63, 3.8) is 0 Å². The molecule has 0 unspecified atom stereocenters. The molecule has 1 rings (SSSR count). The summed E-state index contributed by atoms with van der Waals surface area (Å²) in [4.78, 5) is 0. The Bertz CT molecular complexity index is 273. The maximum atomic E-state index is 11.0. The van der Waals surface area contributed by atoms with Crippen molar-refractivity contribution in [3.05, 3.63) is 0 Å². The monoisotopic (exact) mass is 175 g/mol. The zero-order chi connectivity index (χ0) is 8.48. The van der Waals surface area contributed by atoms with E-state index in [1.807, 2.05) is 0 Å². The summed E-state index contributed by atoms with van der Waals surface area (Å²) in [5.74, 6) is -0.445. The Morgan fingerprint density at radius 2 is 2.18 bits per heavy atom. The van der Waals surface area contributed by atoms with Gasteiger partial charge < -0.3 is 5.73 Å². The third-order valence-corrected chi connectivity index (χ3v) is 3.10. The summed E-state index contributed by atoms with van der Waals surface area (Å²) < 4.78 is 23.2.